The number of methoxy groups -OCH3 is 1. The van der Waals surface area contributed by atoms with Crippen LogP contribution in [0.25, 0.3) is 11.0 Å². The second kappa shape index (κ2) is 7.00. The highest BCUT2D eigenvalue weighted by Gasteiger charge is 2.06. The maximum Gasteiger partial charge on any atom is 0.337 e. The Bertz CT molecular complexity index is 1000. The monoisotopic (exact) mass is 336 g/mol. The Morgan fingerprint density at radius 2 is 1.96 bits per heavy atom. The third kappa shape index (κ3) is 3.58. The molecule has 6 nitrogen and oxygen atoms in total. The number of carbonyl (C=O) groups excluding carboxylic acids is 1. The molecule has 0 saturated heterocycles. The van der Waals surface area contributed by atoms with Gasteiger partial charge in [0.15, 0.2) is 0 Å². The van der Waals surface area contributed by atoms with Gasteiger partial charge in [0.1, 0.15) is 11.8 Å². The molecular formula is C19H16N2O4. The van der Waals surface area contributed by atoms with E-state index in [1.807, 2.05) is 13.0 Å². The number of nitrogens with one attached hydrogen (secondary N) is 1. The fourth-order valence-corrected chi connectivity index (χ4v) is 2.32. The molecule has 0 aliphatic carbocycles. The number of rotatable bonds is 4. The molecule has 0 atom stereocenters. The minimum absolute atomic E-state index is 0.142. The van der Waals surface area contributed by atoms with Gasteiger partial charge in [-0.25, -0.2) is 4.79 Å². The molecule has 25 heavy (non-hydrogen) atoms. The zero-order chi connectivity index (χ0) is 17.8. The number of hydrogen-bond donors (Lipinski definition) is 1. The molecule has 1 N–H and O–H groups in total. The average Bonchev–Trinajstić information content (AvgIpc) is 2.64. The normalized spacial score (nSPS) is 11.0. The van der Waals surface area contributed by atoms with Crippen LogP contribution in [0.2, 0.25) is 0 Å². The fourth-order valence-electron chi connectivity index (χ4n) is 2.32. The summed E-state index contributed by atoms with van der Waals surface area (Å²) < 4.78 is 10.1. The number of anilines is 1. The molecule has 3 rings (SSSR count). The van der Waals surface area contributed by atoms with Crippen molar-refractivity contribution >= 4 is 28.8 Å². The van der Waals surface area contributed by atoms with Crippen LogP contribution in [-0.4, -0.2) is 19.3 Å². The van der Waals surface area contributed by atoms with Gasteiger partial charge in [0.05, 0.1) is 35.5 Å². The molecule has 6 heteroatoms. The number of hydrazone groups is 1. The fraction of sp³-hybridized carbons (Fsp3) is 0.105. The lowest BCUT2D eigenvalue weighted by atomic mass is 10.1. The first-order chi connectivity index (χ1) is 12.1. The summed E-state index contributed by atoms with van der Waals surface area (Å²) in [6, 6.07) is 12.1. The summed E-state index contributed by atoms with van der Waals surface area (Å²) in [6.07, 6.45) is 2.79. The van der Waals surface area contributed by atoms with Crippen molar-refractivity contribution in [2.24, 2.45) is 5.10 Å². The van der Waals surface area contributed by atoms with Gasteiger partial charge in [0.25, 0.3) is 0 Å². The van der Waals surface area contributed by atoms with E-state index in [0.29, 0.717) is 27.8 Å². The number of fused-ring (bicyclic) bond motifs is 1. The van der Waals surface area contributed by atoms with E-state index in [-0.39, 0.29) is 5.43 Å². The maximum absolute atomic E-state index is 12.4. The SMILES string of the molecule is COC(=O)c1ccc(N/N=C/c2coc3ccc(C)cc3c2=O)cc1. The van der Waals surface area contributed by atoms with Crippen LogP contribution in [0, 0.1) is 6.92 Å². The van der Waals surface area contributed by atoms with Gasteiger partial charge >= 0.3 is 5.97 Å². The van der Waals surface area contributed by atoms with Crippen LogP contribution in [0.3, 0.4) is 0 Å². The molecule has 1 heterocycles. The van der Waals surface area contributed by atoms with Gasteiger partial charge < -0.3 is 9.15 Å². The topological polar surface area (TPSA) is 80.9 Å². The van der Waals surface area contributed by atoms with Crippen LogP contribution in [0.5, 0.6) is 0 Å². The molecule has 0 aliphatic rings. The van der Waals surface area contributed by atoms with Gasteiger partial charge in [-0.2, -0.15) is 5.10 Å². The Morgan fingerprint density at radius 1 is 1.20 bits per heavy atom. The first-order valence-electron chi connectivity index (χ1n) is 7.58. The molecular weight excluding hydrogens is 320 g/mol. The van der Waals surface area contributed by atoms with E-state index in [9.17, 15) is 9.59 Å². The van der Waals surface area contributed by atoms with Gasteiger partial charge in [-0.1, -0.05) is 11.6 Å². The molecule has 0 fully saturated rings. The zero-order valence-electron chi connectivity index (χ0n) is 13.8. The quantitative estimate of drug-likeness (QED) is 0.449. The van der Waals surface area contributed by atoms with Gasteiger partial charge in [0, 0.05) is 0 Å². The first kappa shape index (κ1) is 16.4. The second-order valence-corrected chi connectivity index (χ2v) is 5.46. The average molecular weight is 336 g/mol. The predicted molar refractivity (Wildman–Crippen MR) is 96.2 cm³/mol. The number of ether oxygens (including phenoxy) is 1. The van der Waals surface area contributed by atoms with Gasteiger partial charge in [0.2, 0.25) is 5.43 Å². The van der Waals surface area contributed by atoms with Crippen molar-refractivity contribution in [3.8, 4) is 0 Å². The van der Waals surface area contributed by atoms with E-state index in [0.717, 1.165) is 5.56 Å². The van der Waals surface area contributed by atoms with Crippen LogP contribution in [-0.2, 0) is 4.74 Å². The van der Waals surface area contributed by atoms with Crippen LogP contribution in [0.4, 0.5) is 5.69 Å². The van der Waals surface area contributed by atoms with Crippen molar-refractivity contribution in [2.75, 3.05) is 12.5 Å². The summed E-state index contributed by atoms with van der Waals surface area (Å²) in [5.41, 5.74) is 5.65. The molecule has 0 radical (unpaired) electrons. The number of benzene rings is 2. The molecule has 0 saturated carbocycles. The number of aryl methyl sites for hydroxylation is 1. The smallest absolute Gasteiger partial charge is 0.337 e. The molecule has 126 valence electrons. The van der Waals surface area contributed by atoms with Crippen LogP contribution in [0.15, 0.2) is 63.0 Å². The number of carbonyl (C=O) groups is 1. The Labute approximate surface area is 143 Å². The molecule has 0 amide bonds. The summed E-state index contributed by atoms with van der Waals surface area (Å²) in [5, 5.41) is 4.57. The Balaban J connectivity index is 1.78. The van der Waals surface area contributed by atoms with Crippen LogP contribution >= 0.6 is 0 Å². The molecule has 0 spiro atoms. The minimum atomic E-state index is -0.404. The van der Waals surface area contributed by atoms with Gasteiger partial charge in [-0.15, -0.1) is 0 Å². The van der Waals surface area contributed by atoms with Crippen molar-refractivity contribution in [1.82, 2.24) is 0 Å². The molecule has 0 unspecified atom stereocenters. The van der Waals surface area contributed by atoms with E-state index in [1.54, 1.807) is 36.4 Å². The lowest BCUT2D eigenvalue weighted by Crippen LogP contribution is -2.08. The van der Waals surface area contributed by atoms with E-state index < -0.39 is 5.97 Å². The Morgan fingerprint density at radius 3 is 2.68 bits per heavy atom. The summed E-state index contributed by atoms with van der Waals surface area (Å²) >= 11 is 0. The highest BCUT2D eigenvalue weighted by Crippen LogP contribution is 2.13. The third-order valence-corrected chi connectivity index (χ3v) is 3.66. The lowest BCUT2D eigenvalue weighted by Gasteiger charge is -2.02. The van der Waals surface area contributed by atoms with Gasteiger partial charge in [-0.05, 0) is 43.3 Å². The molecule has 2 aromatic carbocycles. The largest absolute Gasteiger partial charge is 0.465 e. The van der Waals surface area contributed by atoms with Crippen molar-refractivity contribution in [1.29, 1.82) is 0 Å². The van der Waals surface area contributed by atoms with E-state index >= 15 is 0 Å². The van der Waals surface area contributed by atoms with Crippen molar-refractivity contribution < 1.29 is 13.9 Å². The van der Waals surface area contributed by atoms with Crippen molar-refractivity contribution in [3.63, 3.8) is 0 Å². The predicted octanol–water partition coefficient (Wildman–Crippen LogP) is 3.33. The number of hydrogen-bond acceptors (Lipinski definition) is 6. The molecule has 1 aromatic heterocycles. The Hall–Kier alpha value is -3.41. The molecule has 0 bridgehead atoms. The summed E-state index contributed by atoms with van der Waals surface area (Å²) in [5.74, 6) is -0.404. The minimum Gasteiger partial charge on any atom is -0.465 e. The highest BCUT2D eigenvalue weighted by molar-refractivity contribution is 5.90. The molecule has 0 aliphatic heterocycles. The van der Waals surface area contributed by atoms with E-state index in [2.05, 4.69) is 15.3 Å². The summed E-state index contributed by atoms with van der Waals surface area (Å²) in [4.78, 5) is 23.8. The highest BCUT2D eigenvalue weighted by atomic mass is 16.5. The zero-order valence-corrected chi connectivity index (χ0v) is 13.8. The first-order valence-corrected chi connectivity index (χ1v) is 7.58. The van der Waals surface area contributed by atoms with Crippen molar-refractivity contribution in [3.05, 3.63) is 75.6 Å². The number of nitrogens with zero attached hydrogens (tertiary/aromatic N) is 1. The third-order valence-electron chi connectivity index (χ3n) is 3.66. The van der Waals surface area contributed by atoms with Gasteiger partial charge in [-0.3, -0.25) is 10.2 Å². The maximum atomic E-state index is 12.4. The van der Waals surface area contributed by atoms with E-state index in [1.165, 1.54) is 19.6 Å². The van der Waals surface area contributed by atoms with Crippen molar-refractivity contribution in [2.45, 2.75) is 6.92 Å². The Kier molecular flexibility index (Phi) is 4.61. The summed E-state index contributed by atoms with van der Waals surface area (Å²) in [6.45, 7) is 1.92. The van der Waals surface area contributed by atoms with Crippen LogP contribution in [0.1, 0.15) is 21.5 Å². The van der Waals surface area contributed by atoms with Crippen LogP contribution < -0.4 is 10.9 Å². The number of esters is 1. The molecule has 3 aromatic rings. The second-order valence-electron chi connectivity index (χ2n) is 5.46. The van der Waals surface area contributed by atoms with E-state index in [4.69, 9.17) is 4.42 Å². The lowest BCUT2D eigenvalue weighted by molar-refractivity contribution is 0.0601. The standard InChI is InChI=1S/C19H16N2O4/c1-12-3-8-17-16(9-12)18(22)14(11-25-17)10-20-21-15-6-4-13(5-7-15)19(23)24-2/h3-11,21H,1-2H3/b20-10+. The summed E-state index contributed by atoms with van der Waals surface area (Å²) in [7, 11) is 1.33.